The molecule has 0 bridgehead atoms. The van der Waals surface area contributed by atoms with Crippen LogP contribution in [0.1, 0.15) is 19.8 Å². The molecule has 7 heteroatoms. The van der Waals surface area contributed by atoms with E-state index in [9.17, 15) is 8.42 Å². The van der Waals surface area contributed by atoms with Crippen LogP contribution in [-0.4, -0.2) is 28.1 Å². The highest BCUT2D eigenvalue weighted by Crippen LogP contribution is 2.26. The first-order valence-electron chi connectivity index (χ1n) is 6.47. The second-order valence-corrected chi connectivity index (χ2v) is 8.16. The maximum Gasteiger partial charge on any atom is 0.240 e. The zero-order chi connectivity index (χ0) is 14.8. The molecule has 0 aliphatic carbocycles. The van der Waals surface area contributed by atoms with E-state index >= 15 is 0 Å². The van der Waals surface area contributed by atoms with Gasteiger partial charge in [0.25, 0.3) is 0 Å². The second kappa shape index (κ2) is 6.20. The van der Waals surface area contributed by atoms with Crippen LogP contribution in [0.15, 0.2) is 23.1 Å². The van der Waals surface area contributed by atoms with Crippen molar-refractivity contribution in [1.82, 2.24) is 10.0 Å². The summed E-state index contributed by atoms with van der Waals surface area (Å²) in [5.74, 6) is 0. The van der Waals surface area contributed by atoms with Crippen molar-refractivity contribution in [3.8, 4) is 0 Å². The SMILES string of the molecule is CC1(CNS(=O)(=O)c2cc(Cl)cc(Cl)c2)CCCNC1. The number of nitrogens with one attached hydrogen (secondary N) is 2. The summed E-state index contributed by atoms with van der Waals surface area (Å²) in [5.41, 5.74) is -0.0618. The zero-order valence-corrected chi connectivity index (χ0v) is 13.6. The number of hydrogen-bond acceptors (Lipinski definition) is 3. The molecule has 1 aliphatic rings. The molecule has 2 N–H and O–H groups in total. The smallest absolute Gasteiger partial charge is 0.240 e. The van der Waals surface area contributed by atoms with Crippen molar-refractivity contribution < 1.29 is 8.42 Å². The minimum absolute atomic E-state index is 0.0618. The molecule has 1 saturated heterocycles. The van der Waals surface area contributed by atoms with Crippen molar-refractivity contribution >= 4 is 33.2 Å². The Bertz CT molecular complexity index is 564. The third-order valence-electron chi connectivity index (χ3n) is 3.52. The molecule has 1 unspecified atom stereocenters. The summed E-state index contributed by atoms with van der Waals surface area (Å²) in [5, 5.41) is 3.91. The number of rotatable bonds is 4. The van der Waals surface area contributed by atoms with Crippen LogP contribution in [-0.2, 0) is 10.0 Å². The molecule has 4 nitrogen and oxygen atoms in total. The highest BCUT2D eigenvalue weighted by Gasteiger charge is 2.28. The quantitative estimate of drug-likeness (QED) is 0.888. The molecule has 1 fully saturated rings. The Morgan fingerprint density at radius 2 is 1.95 bits per heavy atom. The Balaban J connectivity index is 2.11. The third kappa shape index (κ3) is 4.09. The first-order valence-corrected chi connectivity index (χ1v) is 8.71. The molecule has 0 spiro atoms. The fraction of sp³-hybridized carbons (Fsp3) is 0.538. The first-order chi connectivity index (χ1) is 9.31. The van der Waals surface area contributed by atoms with Crippen LogP contribution in [0.5, 0.6) is 0 Å². The van der Waals surface area contributed by atoms with Gasteiger partial charge < -0.3 is 5.32 Å². The van der Waals surface area contributed by atoms with E-state index in [2.05, 4.69) is 17.0 Å². The van der Waals surface area contributed by atoms with Gasteiger partial charge in [-0.15, -0.1) is 0 Å². The molecule has 1 heterocycles. The Labute approximate surface area is 129 Å². The lowest BCUT2D eigenvalue weighted by Crippen LogP contribution is -2.45. The number of piperidine rings is 1. The van der Waals surface area contributed by atoms with Crippen LogP contribution in [0.3, 0.4) is 0 Å². The van der Waals surface area contributed by atoms with E-state index in [1.807, 2.05) is 0 Å². The highest BCUT2D eigenvalue weighted by molar-refractivity contribution is 7.89. The summed E-state index contributed by atoms with van der Waals surface area (Å²) >= 11 is 11.7. The third-order valence-corrected chi connectivity index (χ3v) is 5.34. The van der Waals surface area contributed by atoms with Gasteiger partial charge in [-0.05, 0) is 43.0 Å². The van der Waals surface area contributed by atoms with Gasteiger partial charge >= 0.3 is 0 Å². The number of benzene rings is 1. The first kappa shape index (κ1) is 16.0. The van der Waals surface area contributed by atoms with Gasteiger partial charge in [0, 0.05) is 23.1 Å². The number of halogens is 2. The van der Waals surface area contributed by atoms with Crippen LogP contribution in [0.4, 0.5) is 0 Å². The van der Waals surface area contributed by atoms with Crippen molar-refractivity contribution in [3.63, 3.8) is 0 Å². The average Bonchev–Trinajstić information content (AvgIpc) is 2.37. The van der Waals surface area contributed by atoms with E-state index in [1.54, 1.807) is 0 Å². The minimum atomic E-state index is -3.59. The van der Waals surface area contributed by atoms with E-state index in [0.717, 1.165) is 25.9 Å². The van der Waals surface area contributed by atoms with Crippen LogP contribution < -0.4 is 10.0 Å². The molecular weight excluding hydrogens is 319 g/mol. The molecule has 1 aliphatic heterocycles. The maximum atomic E-state index is 12.3. The van der Waals surface area contributed by atoms with Gasteiger partial charge in [-0.3, -0.25) is 0 Å². The minimum Gasteiger partial charge on any atom is -0.316 e. The molecule has 1 aromatic carbocycles. The summed E-state index contributed by atoms with van der Waals surface area (Å²) in [6, 6.07) is 4.31. The Kier molecular flexibility index (Phi) is 4.97. The lowest BCUT2D eigenvalue weighted by Gasteiger charge is -2.34. The molecule has 20 heavy (non-hydrogen) atoms. The molecule has 0 aromatic heterocycles. The number of hydrogen-bond donors (Lipinski definition) is 2. The summed E-state index contributed by atoms with van der Waals surface area (Å²) in [6.45, 7) is 4.27. The van der Waals surface area contributed by atoms with Crippen molar-refractivity contribution in [2.75, 3.05) is 19.6 Å². The van der Waals surface area contributed by atoms with Crippen LogP contribution in [0.25, 0.3) is 0 Å². The summed E-state index contributed by atoms with van der Waals surface area (Å²) < 4.78 is 27.2. The molecule has 2 rings (SSSR count). The van der Waals surface area contributed by atoms with Gasteiger partial charge in [-0.2, -0.15) is 0 Å². The molecule has 0 radical (unpaired) electrons. The summed E-state index contributed by atoms with van der Waals surface area (Å²) in [6.07, 6.45) is 2.06. The van der Waals surface area contributed by atoms with Crippen molar-refractivity contribution in [2.45, 2.75) is 24.7 Å². The maximum absolute atomic E-state index is 12.3. The van der Waals surface area contributed by atoms with Crippen molar-refractivity contribution in [2.24, 2.45) is 5.41 Å². The van der Waals surface area contributed by atoms with Crippen LogP contribution in [0.2, 0.25) is 10.0 Å². The van der Waals surface area contributed by atoms with Gasteiger partial charge in [-0.25, -0.2) is 13.1 Å². The fourth-order valence-corrected chi connectivity index (χ4v) is 4.23. The van der Waals surface area contributed by atoms with E-state index in [-0.39, 0.29) is 10.3 Å². The summed E-state index contributed by atoms with van der Waals surface area (Å²) in [7, 11) is -3.59. The highest BCUT2D eigenvalue weighted by atomic mass is 35.5. The molecule has 0 amide bonds. The van der Waals surface area contributed by atoms with Gasteiger partial charge in [0.1, 0.15) is 0 Å². The monoisotopic (exact) mass is 336 g/mol. The second-order valence-electron chi connectivity index (χ2n) is 5.52. The van der Waals surface area contributed by atoms with Crippen LogP contribution in [0, 0.1) is 5.41 Å². The lowest BCUT2D eigenvalue weighted by molar-refractivity contribution is 0.238. The number of sulfonamides is 1. The topological polar surface area (TPSA) is 58.2 Å². The van der Waals surface area contributed by atoms with Gasteiger partial charge in [-0.1, -0.05) is 30.1 Å². The fourth-order valence-electron chi connectivity index (χ4n) is 2.31. The van der Waals surface area contributed by atoms with E-state index in [4.69, 9.17) is 23.2 Å². The lowest BCUT2D eigenvalue weighted by atomic mass is 9.83. The zero-order valence-electron chi connectivity index (χ0n) is 11.2. The molecule has 0 saturated carbocycles. The van der Waals surface area contributed by atoms with Gasteiger partial charge in [0.2, 0.25) is 10.0 Å². The largest absolute Gasteiger partial charge is 0.316 e. The van der Waals surface area contributed by atoms with E-state index in [0.29, 0.717) is 16.6 Å². The van der Waals surface area contributed by atoms with E-state index in [1.165, 1.54) is 18.2 Å². The Hall–Kier alpha value is -0.330. The molecule has 112 valence electrons. The summed E-state index contributed by atoms with van der Waals surface area (Å²) in [4.78, 5) is 0.0994. The molecule has 1 aromatic rings. The Morgan fingerprint density at radius 3 is 2.50 bits per heavy atom. The van der Waals surface area contributed by atoms with Crippen molar-refractivity contribution in [3.05, 3.63) is 28.2 Å². The molecule has 1 atom stereocenters. The predicted octanol–water partition coefficient (Wildman–Crippen LogP) is 2.66. The van der Waals surface area contributed by atoms with Crippen LogP contribution >= 0.6 is 23.2 Å². The van der Waals surface area contributed by atoms with E-state index < -0.39 is 10.0 Å². The Morgan fingerprint density at radius 1 is 1.30 bits per heavy atom. The predicted molar refractivity (Wildman–Crippen MR) is 81.9 cm³/mol. The van der Waals surface area contributed by atoms with Crippen molar-refractivity contribution in [1.29, 1.82) is 0 Å². The molecular formula is C13H18Cl2N2O2S. The normalized spacial score (nSPS) is 23.8. The van der Waals surface area contributed by atoms with Gasteiger partial charge in [0.05, 0.1) is 4.90 Å². The average molecular weight is 337 g/mol. The van der Waals surface area contributed by atoms with Gasteiger partial charge in [0.15, 0.2) is 0 Å². The standard InChI is InChI=1S/C13H18Cl2N2O2S/c1-13(3-2-4-16-8-13)9-17-20(18,19)12-6-10(14)5-11(15)7-12/h5-7,16-17H,2-4,8-9H2,1H3.